The van der Waals surface area contributed by atoms with E-state index in [1.54, 1.807) is 13.8 Å². The van der Waals surface area contributed by atoms with Crippen molar-refractivity contribution in [3.05, 3.63) is 0 Å². The van der Waals surface area contributed by atoms with Crippen molar-refractivity contribution in [2.75, 3.05) is 13.2 Å². The number of rotatable bonds is 4. The van der Waals surface area contributed by atoms with Crippen LogP contribution < -0.4 is 0 Å². The number of aliphatic hydroxyl groups excluding tert-OH is 2. The molecule has 29 heavy (non-hydrogen) atoms. The van der Waals surface area contributed by atoms with Crippen molar-refractivity contribution in [3.63, 3.8) is 0 Å². The SMILES string of the molecule is CC(C)(CO)CO.CC12CCC(C(=O)O)CC1O2.CC12CCC(C(=O)O)CC1O2. The van der Waals surface area contributed by atoms with Crippen LogP contribution in [0, 0.1) is 17.3 Å². The van der Waals surface area contributed by atoms with Gasteiger partial charge in [0.1, 0.15) is 0 Å². The number of aliphatic hydroxyl groups is 2. The fraction of sp³-hybridized carbons (Fsp3) is 0.905. The lowest BCUT2D eigenvalue weighted by atomic mass is 9.83. The molecule has 2 heterocycles. The van der Waals surface area contributed by atoms with E-state index < -0.39 is 11.9 Å². The van der Waals surface area contributed by atoms with Gasteiger partial charge in [0, 0.05) is 5.41 Å². The number of hydrogen-bond donors (Lipinski definition) is 4. The van der Waals surface area contributed by atoms with Crippen LogP contribution in [0.4, 0.5) is 0 Å². The number of hydrogen-bond acceptors (Lipinski definition) is 6. The molecule has 0 aromatic heterocycles. The maximum absolute atomic E-state index is 10.6. The number of epoxide rings is 2. The van der Waals surface area contributed by atoms with Crippen molar-refractivity contribution in [1.82, 2.24) is 0 Å². The second kappa shape index (κ2) is 8.88. The average molecular weight is 417 g/mol. The third-order valence-corrected chi connectivity index (χ3v) is 6.60. The van der Waals surface area contributed by atoms with Crippen LogP contribution in [0.3, 0.4) is 0 Å². The Morgan fingerprint density at radius 2 is 1.21 bits per heavy atom. The molecule has 4 fully saturated rings. The van der Waals surface area contributed by atoms with E-state index in [-0.39, 0.29) is 53.9 Å². The van der Waals surface area contributed by atoms with E-state index >= 15 is 0 Å². The quantitative estimate of drug-likeness (QED) is 0.511. The number of carboxylic acid groups (broad SMARTS) is 2. The highest BCUT2D eigenvalue weighted by atomic mass is 16.6. The fourth-order valence-electron chi connectivity index (χ4n) is 3.79. The lowest BCUT2D eigenvalue weighted by Crippen LogP contribution is -2.26. The minimum atomic E-state index is -0.664. The summed E-state index contributed by atoms with van der Waals surface area (Å²) in [6.45, 7) is 7.82. The molecule has 2 saturated heterocycles. The number of carboxylic acids is 2. The summed E-state index contributed by atoms with van der Waals surface area (Å²) in [6, 6.07) is 0. The standard InChI is InChI=1S/2C8H12O3.C5H12O2/c2*1-8-3-2-5(7(9)10)4-6(8)11-8;1-5(2,3-6)4-7/h2*5-6H,2-4H2,1H3,(H,9,10);6-7H,3-4H2,1-2H3. The molecule has 4 aliphatic rings. The Morgan fingerprint density at radius 1 is 0.862 bits per heavy atom. The summed E-state index contributed by atoms with van der Waals surface area (Å²) in [6.07, 6.45) is 5.28. The molecule has 0 spiro atoms. The van der Waals surface area contributed by atoms with Crippen LogP contribution in [0.2, 0.25) is 0 Å². The molecule has 4 rings (SSSR count). The number of carbonyl (C=O) groups is 2. The van der Waals surface area contributed by atoms with Gasteiger partial charge in [-0.15, -0.1) is 0 Å². The van der Waals surface area contributed by atoms with Crippen molar-refractivity contribution in [2.24, 2.45) is 17.3 Å². The second-order valence-corrected chi connectivity index (χ2v) is 9.94. The molecular weight excluding hydrogens is 380 g/mol. The van der Waals surface area contributed by atoms with Gasteiger partial charge in [0.15, 0.2) is 0 Å². The predicted molar refractivity (Wildman–Crippen MR) is 104 cm³/mol. The molecule has 0 aromatic carbocycles. The summed E-state index contributed by atoms with van der Waals surface area (Å²) in [5.41, 5.74) is -0.210. The van der Waals surface area contributed by atoms with Gasteiger partial charge < -0.3 is 29.9 Å². The molecule has 168 valence electrons. The van der Waals surface area contributed by atoms with Gasteiger partial charge in [0.25, 0.3) is 0 Å². The van der Waals surface area contributed by atoms with E-state index in [9.17, 15) is 9.59 Å². The Balaban J connectivity index is 0.000000161. The number of ether oxygens (including phenoxy) is 2. The Kier molecular flexibility index (Phi) is 7.36. The molecule has 4 N–H and O–H groups in total. The summed E-state index contributed by atoms with van der Waals surface area (Å²) in [4.78, 5) is 21.1. The zero-order valence-corrected chi connectivity index (χ0v) is 17.9. The third-order valence-electron chi connectivity index (χ3n) is 6.60. The molecule has 0 bridgehead atoms. The van der Waals surface area contributed by atoms with Crippen molar-refractivity contribution in [1.29, 1.82) is 0 Å². The number of fused-ring (bicyclic) bond motifs is 2. The van der Waals surface area contributed by atoms with Gasteiger partial charge in [-0.3, -0.25) is 9.59 Å². The highest BCUT2D eigenvalue weighted by molar-refractivity contribution is 5.70. The summed E-state index contributed by atoms with van der Waals surface area (Å²) in [5, 5.41) is 34.3. The first-order valence-corrected chi connectivity index (χ1v) is 10.4. The van der Waals surface area contributed by atoms with Gasteiger partial charge >= 0.3 is 11.9 Å². The Labute approximate surface area is 172 Å². The number of aliphatic carboxylic acids is 2. The van der Waals surface area contributed by atoms with Gasteiger partial charge in [0.2, 0.25) is 0 Å². The molecule has 8 heteroatoms. The lowest BCUT2D eigenvalue weighted by molar-refractivity contribution is -0.143. The first-order chi connectivity index (χ1) is 13.4. The van der Waals surface area contributed by atoms with E-state index in [0.717, 1.165) is 25.7 Å². The van der Waals surface area contributed by atoms with Crippen LogP contribution in [0.15, 0.2) is 0 Å². The average Bonchev–Trinajstić information content (AvgIpc) is 3.53. The third kappa shape index (κ3) is 6.38. The summed E-state index contributed by atoms with van der Waals surface area (Å²) >= 11 is 0. The molecule has 2 aliphatic heterocycles. The molecular formula is C21H36O8. The van der Waals surface area contributed by atoms with Gasteiger partial charge in [0.05, 0.1) is 48.5 Å². The zero-order chi connectivity index (χ0) is 22.0. The van der Waals surface area contributed by atoms with Crippen LogP contribution in [0.5, 0.6) is 0 Å². The van der Waals surface area contributed by atoms with Crippen molar-refractivity contribution in [3.8, 4) is 0 Å². The van der Waals surface area contributed by atoms with Crippen LogP contribution in [-0.2, 0) is 19.1 Å². The molecule has 6 atom stereocenters. The largest absolute Gasteiger partial charge is 0.481 e. The highest BCUT2D eigenvalue weighted by Gasteiger charge is 2.57. The normalized spacial score (nSPS) is 39.4. The minimum absolute atomic E-state index is 0.0451. The topological polar surface area (TPSA) is 140 Å². The van der Waals surface area contributed by atoms with Crippen molar-refractivity contribution in [2.45, 2.75) is 89.6 Å². The highest BCUT2D eigenvalue weighted by Crippen LogP contribution is 2.49. The van der Waals surface area contributed by atoms with E-state index in [4.69, 9.17) is 29.9 Å². The van der Waals surface area contributed by atoms with Crippen LogP contribution >= 0.6 is 0 Å². The van der Waals surface area contributed by atoms with E-state index in [1.807, 2.05) is 0 Å². The van der Waals surface area contributed by atoms with Crippen LogP contribution in [-0.4, -0.2) is 69.0 Å². The Hall–Kier alpha value is -1.22. The molecule has 2 aliphatic carbocycles. The van der Waals surface area contributed by atoms with Crippen LogP contribution in [0.1, 0.15) is 66.2 Å². The minimum Gasteiger partial charge on any atom is -0.481 e. The molecule has 0 aromatic rings. The van der Waals surface area contributed by atoms with E-state index in [2.05, 4.69) is 13.8 Å². The maximum atomic E-state index is 10.6. The summed E-state index contributed by atoms with van der Waals surface area (Å²) in [5.74, 6) is -1.64. The molecule has 8 nitrogen and oxygen atoms in total. The van der Waals surface area contributed by atoms with Gasteiger partial charge in [-0.25, -0.2) is 0 Å². The van der Waals surface area contributed by atoms with E-state index in [0.29, 0.717) is 12.8 Å². The van der Waals surface area contributed by atoms with Crippen molar-refractivity contribution < 1.29 is 39.5 Å². The first-order valence-electron chi connectivity index (χ1n) is 10.4. The zero-order valence-electron chi connectivity index (χ0n) is 17.9. The monoisotopic (exact) mass is 416 g/mol. The Bertz CT molecular complexity index is 555. The molecule has 6 unspecified atom stereocenters. The molecule has 0 radical (unpaired) electrons. The van der Waals surface area contributed by atoms with Gasteiger partial charge in [-0.05, 0) is 52.4 Å². The molecule has 0 amide bonds. The van der Waals surface area contributed by atoms with Gasteiger partial charge in [-0.1, -0.05) is 13.8 Å². The predicted octanol–water partition coefficient (Wildman–Crippen LogP) is 2.05. The first kappa shape index (κ1) is 24.1. The smallest absolute Gasteiger partial charge is 0.306 e. The van der Waals surface area contributed by atoms with Gasteiger partial charge in [-0.2, -0.15) is 0 Å². The summed E-state index contributed by atoms with van der Waals surface area (Å²) in [7, 11) is 0. The lowest BCUT2D eigenvalue weighted by Gasteiger charge is -2.18. The maximum Gasteiger partial charge on any atom is 0.306 e. The van der Waals surface area contributed by atoms with Crippen LogP contribution in [0.25, 0.3) is 0 Å². The molecule has 2 saturated carbocycles. The summed E-state index contributed by atoms with van der Waals surface area (Å²) < 4.78 is 10.8. The van der Waals surface area contributed by atoms with E-state index in [1.165, 1.54) is 0 Å². The fourth-order valence-corrected chi connectivity index (χ4v) is 3.79. The second-order valence-electron chi connectivity index (χ2n) is 9.94. The van der Waals surface area contributed by atoms with Crippen molar-refractivity contribution >= 4 is 11.9 Å². The Morgan fingerprint density at radius 3 is 1.41 bits per heavy atom.